The Hall–Kier alpha value is -2.99. The summed E-state index contributed by atoms with van der Waals surface area (Å²) in [5.41, 5.74) is 5.36. The van der Waals surface area contributed by atoms with Crippen molar-refractivity contribution in [2.45, 2.75) is 26.7 Å². The molecule has 0 unspecified atom stereocenters. The minimum absolute atomic E-state index is 0.623. The molecule has 1 fully saturated rings. The number of benzene rings is 2. The van der Waals surface area contributed by atoms with Crippen LogP contribution in [0.5, 0.6) is 0 Å². The monoisotopic (exact) mass is 373 g/mol. The number of nitrogens with zero attached hydrogens (tertiary/aromatic N) is 5. The van der Waals surface area contributed by atoms with Crippen molar-refractivity contribution >= 4 is 27.5 Å². The Morgan fingerprint density at radius 3 is 2.39 bits per heavy atom. The van der Waals surface area contributed by atoms with Gasteiger partial charge in [-0.15, -0.1) is 0 Å². The summed E-state index contributed by atoms with van der Waals surface area (Å²) in [7, 11) is 2.09. The molecular formula is C22H23N5O. The second-order valence-corrected chi connectivity index (χ2v) is 7.40. The van der Waals surface area contributed by atoms with Crippen LogP contribution in [0, 0.1) is 13.8 Å². The van der Waals surface area contributed by atoms with E-state index in [-0.39, 0.29) is 0 Å². The Kier molecular flexibility index (Phi) is 4.02. The number of rotatable bonds is 4. The van der Waals surface area contributed by atoms with Gasteiger partial charge in [-0.25, -0.2) is 15.0 Å². The van der Waals surface area contributed by atoms with E-state index in [1.807, 2.05) is 13.8 Å². The van der Waals surface area contributed by atoms with Crippen molar-refractivity contribution in [3.8, 4) is 0 Å². The SMILES string of the molecule is Cc1nc(CCc2nc3c4ccccc4ccc3n2C)nc(C)c1N1COC1. The number of hydrogen-bond acceptors (Lipinski definition) is 5. The van der Waals surface area contributed by atoms with Crippen molar-refractivity contribution in [1.29, 1.82) is 0 Å². The van der Waals surface area contributed by atoms with Crippen molar-refractivity contribution in [1.82, 2.24) is 19.5 Å². The molecule has 2 aromatic carbocycles. The van der Waals surface area contributed by atoms with Crippen molar-refractivity contribution in [3.05, 3.63) is 59.4 Å². The van der Waals surface area contributed by atoms with Crippen LogP contribution in [-0.2, 0) is 24.6 Å². The van der Waals surface area contributed by atoms with Gasteiger partial charge in [0, 0.05) is 25.3 Å². The summed E-state index contributed by atoms with van der Waals surface area (Å²) in [6.45, 7) is 5.34. The molecule has 0 amide bonds. The Bertz CT molecular complexity index is 1170. The van der Waals surface area contributed by atoms with Gasteiger partial charge in [-0.2, -0.15) is 0 Å². The first-order valence-electron chi connectivity index (χ1n) is 9.61. The molecule has 28 heavy (non-hydrogen) atoms. The largest absolute Gasteiger partial charge is 0.341 e. The third-order valence-electron chi connectivity index (χ3n) is 5.53. The predicted octanol–water partition coefficient (Wildman–Crippen LogP) is 3.67. The summed E-state index contributed by atoms with van der Waals surface area (Å²) >= 11 is 0. The van der Waals surface area contributed by atoms with Crippen molar-refractivity contribution < 1.29 is 4.74 Å². The highest BCUT2D eigenvalue weighted by Crippen LogP contribution is 2.27. The van der Waals surface area contributed by atoms with Crippen molar-refractivity contribution in [2.75, 3.05) is 18.4 Å². The standard InChI is InChI=1S/C22H23N5O/c1-14-22(27-12-28-13-27)15(2)24-19(23-14)10-11-20-25-21-17-7-5-4-6-16(17)8-9-18(21)26(20)3/h4-9H,10-13H2,1-3H3. The molecule has 142 valence electrons. The molecule has 0 spiro atoms. The lowest BCUT2D eigenvalue weighted by Crippen LogP contribution is -2.41. The van der Waals surface area contributed by atoms with E-state index in [0.29, 0.717) is 13.5 Å². The van der Waals surface area contributed by atoms with Gasteiger partial charge in [0.05, 0.1) is 28.1 Å². The highest BCUT2D eigenvalue weighted by Gasteiger charge is 2.21. The molecule has 3 heterocycles. The van der Waals surface area contributed by atoms with Crippen molar-refractivity contribution in [2.24, 2.45) is 7.05 Å². The zero-order valence-corrected chi connectivity index (χ0v) is 16.4. The first kappa shape index (κ1) is 17.1. The van der Waals surface area contributed by atoms with Gasteiger partial charge in [0.25, 0.3) is 0 Å². The van der Waals surface area contributed by atoms with Gasteiger partial charge in [-0.3, -0.25) is 0 Å². The van der Waals surface area contributed by atoms with Crippen LogP contribution in [0.25, 0.3) is 21.8 Å². The number of imidazole rings is 1. The van der Waals surface area contributed by atoms with Crippen LogP contribution in [0.1, 0.15) is 23.0 Å². The lowest BCUT2D eigenvalue weighted by molar-refractivity contribution is 0.0401. The number of ether oxygens (including phenoxy) is 1. The molecule has 4 aromatic rings. The Labute approximate surface area is 163 Å². The van der Waals surface area contributed by atoms with Gasteiger partial charge >= 0.3 is 0 Å². The summed E-state index contributed by atoms with van der Waals surface area (Å²) in [4.78, 5) is 16.6. The number of hydrogen-bond donors (Lipinski definition) is 0. The maximum atomic E-state index is 5.27. The van der Waals surface area contributed by atoms with E-state index in [4.69, 9.17) is 19.7 Å². The average molecular weight is 373 g/mol. The molecule has 0 N–H and O–H groups in total. The summed E-state index contributed by atoms with van der Waals surface area (Å²) in [6, 6.07) is 12.7. The minimum Gasteiger partial charge on any atom is -0.341 e. The smallest absolute Gasteiger partial charge is 0.129 e. The van der Waals surface area contributed by atoms with E-state index in [1.54, 1.807) is 0 Å². The minimum atomic E-state index is 0.623. The van der Waals surface area contributed by atoms with Crippen LogP contribution in [0.2, 0.25) is 0 Å². The number of fused-ring (bicyclic) bond motifs is 3. The van der Waals surface area contributed by atoms with Gasteiger partial charge in [-0.05, 0) is 25.3 Å². The molecule has 0 bridgehead atoms. The summed E-state index contributed by atoms with van der Waals surface area (Å²) in [6.07, 6.45) is 1.58. The first-order valence-corrected chi connectivity index (χ1v) is 9.61. The van der Waals surface area contributed by atoms with Gasteiger partial charge in [-0.1, -0.05) is 30.3 Å². The zero-order valence-electron chi connectivity index (χ0n) is 16.4. The molecule has 0 aliphatic carbocycles. The van der Waals surface area contributed by atoms with Crippen LogP contribution in [0.3, 0.4) is 0 Å². The van der Waals surface area contributed by atoms with Crippen LogP contribution >= 0.6 is 0 Å². The van der Waals surface area contributed by atoms with E-state index in [0.717, 1.165) is 52.6 Å². The molecule has 0 radical (unpaired) electrons. The topological polar surface area (TPSA) is 56.1 Å². The van der Waals surface area contributed by atoms with Gasteiger partial charge < -0.3 is 14.2 Å². The fraction of sp³-hybridized carbons (Fsp3) is 0.318. The van der Waals surface area contributed by atoms with Gasteiger partial charge in [0.1, 0.15) is 25.1 Å². The lowest BCUT2D eigenvalue weighted by atomic mass is 10.1. The van der Waals surface area contributed by atoms with E-state index in [2.05, 4.69) is 52.9 Å². The highest BCUT2D eigenvalue weighted by atomic mass is 16.5. The molecule has 1 aliphatic rings. The first-order chi connectivity index (χ1) is 13.6. The maximum absolute atomic E-state index is 5.27. The number of aromatic nitrogens is 4. The molecular weight excluding hydrogens is 350 g/mol. The van der Waals surface area contributed by atoms with E-state index >= 15 is 0 Å². The summed E-state index contributed by atoms with van der Waals surface area (Å²) < 4.78 is 7.45. The van der Waals surface area contributed by atoms with E-state index in [1.165, 1.54) is 10.8 Å². The summed E-state index contributed by atoms with van der Waals surface area (Å²) in [5, 5.41) is 2.42. The molecule has 0 saturated carbocycles. The highest BCUT2D eigenvalue weighted by molar-refractivity contribution is 6.04. The van der Waals surface area contributed by atoms with Crippen LogP contribution in [0.4, 0.5) is 5.69 Å². The number of aryl methyl sites for hydroxylation is 5. The zero-order chi connectivity index (χ0) is 19.3. The Morgan fingerprint density at radius 1 is 0.929 bits per heavy atom. The molecule has 0 atom stereocenters. The van der Waals surface area contributed by atoms with Gasteiger partial charge in [0.2, 0.25) is 0 Å². The predicted molar refractivity (Wildman–Crippen MR) is 110 cm³/mol. The van der Waals surface area contributed by atoms with E-state index < -0.39 is 0 Å². The van der Waals surface area contributed by atoms with E-state index in [9.17, 15) is 0 Å². The maximum Gasteiger partial charge on any atom is 0.129 e. The third-order valence-corrected chi connectivity index (χ3v) is 5.53. The Balaban J connectivity index is 1.44. The van der Waals surface area contributed by atoms with Crippen molar-refractivity contribution in [3.63, 3.8) is 0 Å². The third kappa shape index (κ3) is 2.72. The summed E-state index contributed by atoms with van der Waals surface area (Å²) in [5.74, 6) is 1.93. The average Bonchev–Trinajstić information content (AvgIpc) is 2.98. The molecule has 6 nitrogen and oxygen atoms in total. The molecule has 5 rings (SSSR count). The molecule has 6 heteroatoms. The normalized spacial score (nSPS) is 14.0. The van der Waals surface area contributed by atoms with Crippen LogP contribution < -0.4 is 4.90 Å². The fourth-order valence-corrected chi connectivity index (χ4v) is 4.08. The molecule has 2 aromatic heterocycles. The van der Waals surface area contributed by atoms with Gasteiger partial charge in [0.15, 0.2) is 0 Å². The van der Waals surface area contributed by atoms with Crippen LogP contribution in [0.15, 0.2) is 36.4 Å². The Morgan fingerprint density at radius 2 is 1.68 bits per heavy atom. The number of anilines is 1. The second kappa shape index (κ2) is 6.56. The van der Waals surface area contributed by atoms with Crippen LogP contribution in [-0.4, -0.2) is 33.0 Å². The second-order valence-electron chi connectivity index (χ2n) is 7.40. The molecule has 1 saturated heterocycles. The lowest BCUT2D eigenvalue weighted by Gasteiger charge is -2.34. The fourth-order valence-electron chi connectivity index (χ4n) is 4.08. The molecule has 1 aliphatic heterocycles. The quantitative estimate of drug-likeness (QED) is 0.546.